The van der Waals surface area contributed by atoms with E-state index >= 15 is 0 Å². The van der Waals surface area contributed by atoms with Gasteiger partial charge in [-0.15, -0.1) is 0 Å². The van der Waals surface area contributed by atoms with E-state index in [1.807, 2.05) is 36.0 Å². The first-order chi connectivity index (χ1) is 9.74. The zero-order chi connectivity index (χ0) is 13.9. The number of amides is 1. The van der Waals surface area contributed by atoms with Gasteiger partial charge in [0.15, 0.2) is 0 Å². The molecule has 0 fully saturated rings. The van der Waals surface area contributed by atoms with E-state index in [9.17, 15) is 4.79 Å². The average molecular weight is 270 g/mol. The molecular weight excluding hydrogens is 252 g/mol. The summed E-state index contributed by atoms with van der Waals surface area (Å²) in [6.45, 7) is 2.35. The molecule has 0 unspecified atom stereocenters. The van der Waals surface area contributed by atoms with E-state index in [0.717, 1.165) is 30.9 Å². The molecule has 1 aliphatic rings. The van der Waals surface area contributed by atoms with Gasteiger partial charge in [0, 0.05) is 51.1 Å². The fraction of sp³-hybridized carbons (Fsp3) is 0.333. The van der Waals surface area contributed by atoms with Gasteiger partial charge in [0.05, 0.1) is 0 Å². The summed E-state index contributed by atoms with van der Waals surface area (Å²) >= 11 is 0. The van der Waals surface area contributed by atoms with Crippen molar-refractivity contribution in [2.45, 2.75) is 19.5 Å². The van der Waals surface area contributed by atoms with E-state index in [-0.39, 0.29) is 5.91 Å². The van der Waals surface area contributed by atoms with Crippen molar-refractivity contribution < 1.29 is 4.79 Å². The number of nitrogens with one attached hydrogen (secondary N) is 2. The third-order valence-corrected chi connectivity index (χ3v) is 3.65. The Morgan fingerprint density at radius 1 is 1.40 bits per heavy atom. The molecule has 0 atom stereocenters. The Morgan fingerprint density at radius 2 is 2.25 bits per heavy atom. The second kappa shape index (κ2) is 5.46. The molecular formula is C15H18N4O. The summed E-state index contributed by atoms with van der Waals surface area (Å²) < 4.78 is 1.97. The third kappa shape index (κ3) is 2.58. The molecule has 1 amide bonds. The number of hydrogen-bond donors (Lipinski definition) is 2. The third-order valence-electron chi connectivity index (χ3n) is 3.65. The number of nitrogens with zero attached hydrogens (tertiary/aromatic N) is 2. The number of carbonyl (C=O) groups is 1. The van der Waals surface area contributed by atoms with Crippen LogP contribution in [0.25, 0.3) is 0 Å². The summed E-state index contributed by atoms with van der Waals surface area (Å²) in [5.41, 5.74) is 3.24. The molecule has 2 heterocycles. The Kier molecular flexibility index (Phi) is 3.52. The van der Waals surface area contributed by atoms with E-state index < -0.39 is 0 Å². The highest BCUT2D eigenvalue weighted by Gasteiger charge is 2.13. The van der Waals surface area contributed by atoms with Gasteiger partial charge in [-0.1, -0.05) is 6.07 Å². The summed E-state index contributed by atoms with van der Waals surface area (Å²) in [6, 6.07) is 5.90. The van der Waals surface area contributed by atoms with E-state index in [1.165, 1.54) is 11.1 Å². The van der Waals surface area contributed by atoms with Gasteiger partial charge >= 0.3 is 0 Å². The minimum Gasteiger partial charge on any atom is -0.352 e. The molecule has 1 aliphatic heterocycles. The van der Waals surface area contributed by atoms with Crippen molar-refractivity contribution in [1.82, 2.24) is 20.2 Å². The number of aryl methyl sites for hydroxylation is 1. The lowest BCUT2D eigenvalue weighted by atomic mass is 10.1. The number of hydrogen-bond acceptors (Lipinski definition) is 3. The van der Waals surface area contributed by atoms with Crippen LogP contribution in [0.3, 0.4) is 0 Å². The largest absolute Gasteiger partial charge is 0.352 e. The van der Waals surface area contributed by atoms with E-state index in [2.05, 4.69) is 15.6 Å². The van der Waals surface area contributed by atoms with Gasteiger partial charge < -0.3 is 15.2 Å². The van der Waals surface area contributed by atoms with Gasteiger partial charge in [-0.2, -0.15) is 0 Å². The van der Waals surface area contributed by atoms with Crippen molar-refractivity contribution >= 4 is 5.91 Å². The smallest absolute Gasteiger partial charge is 0.251 e. The Hall–Kier alpha value is -2.14. The van der Waals surface area contributed by atoms with E-state index in [4.69, 9.17) is 0 Å². The van der Waals surface area contributed by atoms with Crippen LogP contribution < -0.4 is 10.6 Å². The van der Waals surface area contributed by atoms with Crippen molar-refractivity contribution in [3.05, 3.63) is 53.1 Å². The summed E-state index contributed by atoms with van der Waals surface area (Å²) in [5, 5.41) is 6.22. The first-order valence-electron chi connectivity index (χ1n) is 6.81. The maximum Gasteiger partial charge on any atom is 0.251 e. The second-order valence-electron chi connectivity index (χ2n) is 5.05. The van der Waals surface area contributed by atoms with Crippen LogP contribution in [0.1, 0.15) is 27.3 Å². The Balaban J connectivity index is 1.58. The van der Waals surface area contributed by atoms with Crippen LogP contribution in [0.5, 0.6) is 0 Å². The van der Waals surface area contributed by atoms with Gasteiger partial charge in [-0.3, -0.25) is 4.79 Å². The highest BCUT2D eigenvalue weighted by Crippen LogP contribution is 2.16. The summed E-state index contributed by atoms with van der Waals surface area (Å²) in [5.74, 6) is 0.956. The lowest BCUT2D eigenvalue weighted by molar-refractivity contribution is 0.0954. The Bertz CT molecular complexity index is 633. The number of benzene rings is 1. The molecule has 5 heteroatoms. The van der Waals surface area contributed by atoms with Crippen LogP contribution >= 0.6 is 0 Å². The van der Waals surface area contributed by atoms with Crippen molar-refractivity contribution in [2.24, 2.45) is 7.05 Å². The van der Waals surface area contributed by atoms with Crippen LogP contribution in [-0.2, 0) is 26.6 Å². The zero-order valence-electron chi connectivity index (χ0n) is 11.5. The number of carbonyl (C=O) groups excluding carboxylic acids is 1. The maximum atomic E-state index is 12.1. The first-order valence-corrected chi connectivity index (χ1v) is 6.81. The maximum absolute atomic E-state index is 12.1. The predicted octanol–water partition coefficient (Wildman–Crippen LogP) is 0.996. The monoisotopic (exact) mass is 270 g/mol. The van der Waals surface area contributed by atoms with E-state index in [1.54, 1.807) is 6.20 Å². The number of imidazole rings is 1. The minimum atomic E-state index is -0.0195. The van der Waals surface area contributed by atoms with Crippen molar-refractivity contribution in [2.75, 3.05) is 6.54 Å². The molecule has 2 aromatic rings. The van der Waals surface area contributed by atoms with Gasteiger partial charge in [0.1, 0.15) is 5.82 Å². The van der Waals surface area contributed by atoms with Crippen molar-refractivity contribution in [1.29, 1.82) is 0 Å². The highest BCUT2D eigenvalue weighted by atomic mass is 16.1. The number of fused-ring (bicyclic) bond motifs is 1. The van der Waals surface area contributed by atoms with Crippen molar-refractivity contribution in [3.63, 3.8) is 0 Å². The lowest BCUT2D eigenvalue weighted by Crippen LogP contribution is -2.26. The molecule has 2 N–H and O–H groups in total. The lowest BCUT2D eigenvalue weighted by Gasteiger charge is -2.07. The molecule has 0 saturated carbocycles. The number of aromatic nitrogens is 2. The van der Waals surface area contributed by atoms with Crippen LogP contribution in [0.15, 0.2) is 30.6 Å². The molecule has 0 bridgehead atoms. The molecule has 0 aliphatic carbocycles. The van der Waals surface area contributed by atoms with Gasteiger partial charge in [-0.25, -0.2) is 4.98 Å². The van der Waals surface area contributed by atoms with Gasteiger partial charge in [-0.05, 0) is 23.3 Å². The predicted molar refractivity (Wildman–Crippen MR) is 76.2 cm³/mol. The Labute approximate surface area is 118 Å². The molecule has 0 spiro atoms. The van der Waals surface area contributed by atoms with Crippen LogP contribution in [-0.4, -0.2) is 22.0 Å². The molecule has 104 valence electrons. The minimum absolute atomic E-state index is 0.0195. The van der Waals surface area contributed by atoms with Gasteiger partial charge in [0.2, 0.25) is 0 Å². The molecule has 1 aromatic heterocycles. The van der Waals surface area contributed by atoms with Crippen LogP contribution in [0.2, 0.25) is 0 Å². The first kappa shape index (κ1) is 12.9. The number of rotatable bonds is 4. The quantitative estimate of drug-likeness (QED) is 0.871. The average Bonchev–Trinajstić information content (AvgIpc) is 3.07. The fourth-order valence-corrected chi connectivity index (χ4v) is 2.46. The SMILES string of the molecule is Cn1ccnc1CCNC(=O)c1ccc2c(c1)CNC2. The molecule has 3 rings (SSSR count). The summed E-state index contributed by atoms with van der Waals surface area (Å²) in [4.78, 5) is 16.3. The Morgan fingerprint density at radius 3 is 3.05 bits per heavy atom. The molecule has 1 aromatic carbocycles. The molecule has 5 nitrogen and oxygen atoms in total. The molecule has 0 saturated heterocycles. The molecule has 0 radical (unpaired) electrons. The summed E-state index contributed by atoms with van der Waals surface area (Å²) in [7, 11) is 1.96. The summed E-state index contributed by atoms with van der Waals surface area (Å²) in [6.07, 6.45) is 4.41. The highest BCUT2D eigenvalue weighted by molar-refractivity contribution is 5.94. The van der Waals surface area contributed by atoms with Crippen LogP contribution in [0, 0.1) is 0 Å². The second-order valence-corrected chi connectivity index (χ2v) is 5.05. The zero-order valence-corrected chi connectivity index (χ0v) is 11.5. The van der Waals surface area contributed by atoms with Gasteiger partial charge in [0.25, 0.3) is 5.91 Å². The molecule has 20 heavy (non-hydrogen) atoms. The van der Waals surface area contributed by atoms with Crippen LogP contribution in [0.4, 0.5) is 0 Å². The topological polar surface area (TPSA) is 59.0 Å². The normalized spacial score (nSPS) is 13.2. The fourth-order valence-electron chi connectivity index (χ4n) is 2.46. The standard InChI is InChI=1S/C15H18N4O/c1-19-7-6-17-14(19)4-5-18-15(20)11-2-3-12-9-16-10-13(12)8-11/h2-3,6-8,16H,4-5,9-10H2,1H3,(H,18,20). The van der Waals surface area contributed by atoms with Crippen molar-refractivity contribution in [3.8, 4) is 0 Å². The van der Waals surface area contributed by atoms with E-state index in [0.29, 0.717) is 6.54 Å².